The van der Waals surface area contributed by atoms with E-state index in [2.05, 4.69) is 0 Å². The Labute approximate surface area is 110 Å². The predicted octanol–water partition coefficient (Wildman–Crippen LogP) is 4.09. The smallest absolute Gasteiger partial charge is 0.119 e. The fourth-order valence-electron chi connectivity index (χ4n) is 2.81. The summed E-state index contributed by atoms with van der Waals surface area (Å²) in [5.41, 5.74) is 1.01. The molecule has 0 heterocycles. The second-order valence-corrected chi connectivity index (χ2v) is 5.25. The molecule has 18 heavy (non-hydrogen) atoms. The molecule has 1 saturated carbocycles. The lowest BCUT2D eigenvalue weighted by atomic mass is 9.96. The topological polar surface area (TPSA) is 29.5 Å². The highest BCUT2D eigenvalue weighted by Gasteiger charge is 2.17. The third-order valence-corrected chi connectivity index (χ3v) is 3.90. The van der Waals surface area contributed by atoms with Gasteiger partial charge < -0.3 is 9.84 Å². The number of ether oxygens (including phenoxy) is 1. The Hall–Kier alpha value is -1.02. The van der Waals surface area contributed by atoms with Gasteiger partial charge in [0.1, 0.15) is 5.75 Å². The summed E-state index contributed by atoms with van der Waals surface area (Å²) in [7, 11) is 0. The van der Waals surface area contributed by atoms with E-state index in [4.69, 9.17) is 4.74 Å². The van der Waals surface area contributed by atoms with Gasteiger partial charge in [-0.15, -0.1) is 0 Å². The zero-order chi connectivity index (χ0) is 12.8. The molecular formula is C16H24O2. The van der Waals surface area contributed by atoms with Crippen LogP contribution in [0.15, 0.2) is 24.3 Å². The molecule has 0 radical (unpaired) electrons. The van der Waals surface area contributed by atoms with Gasteiger partial charge in [0.25, 0.3) is 0 Å². The Morgan fingerprint density at radius 3 is 2.50 bits per heavy atom. The number of aliphatic hydroxyl groups is 1. The minimum absolute atomic E-state index is 0.318. The summed E-state index contributed by atoms with van der Waals surface area (Å²) >= 11 is 0. The van der Waals surface area contributed by atoms with Gasteiger partial charge in [0.2, 0.25) is 0 Å². The molecule has 2 rings (SSSR count). The molecule has 1 aliphatic carbocycles. The maximum atomic E-state index is 10.2. The molecule has 1 aliphatic rings. The summed E-state index contributed by atoms with van der Waals surface area (Å²) < 4.78 is 5.40. The quantitative estimate of drug-likeness (QED) is 0.821. The second kappa shape index (κ2) is 6.79. The van der Waals surface area contributed by atoms with Crippen LogP contribution in [0.25, 0.3) is 0 Å². The lowest BCUT2D eigenvalue weighted by molar-refractivity contribution is 0.157. The molecule has 0 bridgehead atoms. The molecular weight excluding hydrogens is 224 g/mol. The highest BCUT2D eigenvalue weighted by molar-refractivity contribution is 5.28. The SMILES string of the molecule is CCOc1ccc(C(O)CCC2CCCC2)cc1. The van der Waals surface area contributed by atoms with Crippen LogP contribution < -0.4 is 4.74 Å². The van der Waals surface area contributed by atoms with Gasteiger partial charge in [0.05, 0.1) is 12.7 Å². The van der Waals surface area contributed by atoms with Crippen molar-refractivity contribution in [3.05, 3.63) is 29.8 Å². The minimum atomic E-state index is -0.318. The Kier molecular flexibility index (Phi) is 5.06. The molecule has 1 aromatic rings. The normalized spacial score (nSPS) is 17.9. The number of hydrogen-bond acceptors (Lipinski definition) is 2. The van der Waals surface area contributed by atoms with Crippen molar-refractivity contribution >= 4 is 0 Å². The Morgan fingerprint density at radius 1 is 1.22 bits per heavy atom. The molecule has 0 aliphatic heterocycles. The summed E-state index contributed by atoms with van der Waals surface area (Å²) in [6.07, 6.45) is 7.20. The Morgan fingerprint density at radius 2 is 1.89 bits per heavy atom. The first-order valence-corrected chi connectivity index (χ1v) is 7.20. The summed E-state index contributed by atoms with van der Waals surface area (Å²) in [6.45, 7) is 2.66. The van der Waals surface area contributed by atoms with Crippen molar-refractivity contribution in [1.29, 1.82) is 0 Å². The van der Waals surface area contributed by atoms with Gasteiger partial charge in [-0.1, -0.05) is 37.8 Å². The van der Waals surface area contributed by atoms with E-state index in [9.17, 15) is 5.11 Å². The van der Waals surface area contributed by atoms with Crippen LogP contribution in [0.4, 0.5) is 0 Å². The van der Waals surface area contributed by atoms with Crippen molar-refractivity contribution in [2.24, 2.45) is 5.92 Å². The third kappa shape index (κ3) is 3.74. The van der Waals surface area contributed by atoms with E-state index in [1.54, 1.807) is 0 Å². The number of hydrogen-bond donors (Lipinski definition) is 1. The third-order valence-electron chi connectivity index (χ3n) is 3.90. The van der Waals surface area contributed by atoms with Gasteiger partial charge >= 0.3 is 0 Å². The van der Waals surface area contributed by atoms with Gasteiger partial charge in [-0.05, 0) is 43.4 Å². The van der Waals surface area contributed by atoms with Crippen molar-refractivity contribution in [2.45, 2.75) is 51.6 Å². The molecule has 1 N–H and O–H groups in total. The average molecular weight is 248 g/mol. The highest BCUT2D eigenvalue weighted by atomic mass is 16.5. The van der Waals surface area contributed by atoms with Crippen LogP contribution in [0.5, 0.6) is 5.75 Å². The van der Waals surface area contributed by atoms with Gasteiger partial charge in [-0.25, -0.2) is 0 Å². The predicted molar refractivity (Wildman–Crippen MR) is 73.8 cm³/mol. The van der Waals surface area contributed by atoms with Gasteiger partial charge in [0.15, 0.2) is 0 Å². The monoisotopic (exact) mass is 248 g/mol. The van der Waals surface area contributed by atoms with E-state index in [1.807, 2.05) is 31.2 Å². The van der Waals surface area contributed by atoms with Gasteiger partial charge in [0, 0.05) is 0 Å². The fraction of sp³-hybridized carbons (Fsp3) is 0.625. The lowest BCUT2D eigenvalue weighted by Gasteiger charge is -2.14. The summed E-state index contributed by atoms with van der Waals surface area (Å²) in [6, 6.07) is 7.84. The van der Waals surface area contributed by atoms with Crippen molar-refractivity contribution in [3.8, 4) is 5.75 Å². The zero-order valence-corrected chi connectivity index (χ0v) is 11.3. The van der Waals surface area contributed by atoms with Crippen molar-refractivity contribution in [2.75, 3.05) is 6.61 Å². The molecule has 1 aromatic carbocycles. The van der Waals surface area contributed by atoms with Crippen LogP contribution in [-0.2, 0) is 0 Å². The fourth-order valence-corrected chi connectivity index (χ4v) is 2.81. The van der Waals surface area contributed by atoms with E-state index in [0.29, 0.717) is 6.61 Å². The van der Waals surface area contributed by atoms with E-state index >= 15 is 0 Å². The molecule has 1 atom stereocenters. The molecule has 0 saturated heterocycles. The van der Waals surface area contributed by atoms with E-state index in [0.717, 1.165) is 30.1 Å². The molecule has 100 valence electrons. The Balaban J connectivity index is 1.81. The minimum Gasteiger partial charge on any atom is -0.494 e. The van der Waals surface area contributed by atoms with Crippen LogP contribution in [0.2, 0.25) is 0 Å². The van der Waals surface area contributed by atoms with E-state index in [1.165, 1.54) is 25.7 Å². The van der Waals surface area contributed by atoms with Gasteiger partial charge in [-0.3, -0.25) is 0 Å². The summed E-state index contributed by atoms with van der Waals surface area (Å²) in [4.78, 5) is 0. The number of rotatable bonds is 6. The average Bonchev–Trinajstić information content (AvgIpc) is 2.90. The van der Waals surface area contributed by atoms with Crippen LogP contribution in [0.3, 0.4) is 0 Å². The summed E-state index contributed by atoms with van der Waals surface area (Å²) in [5.74, 6) is 1.73. The second-order valence-electron chi connectivity index (χ2n) is 5.25. The number of aliphatic hydroxyl groups excluding tert-OH is 1. The molecule has 1 fully saturated rings. The largest absolute Gasteiger partial charge is 0.494 e. The van der Waals surface area contributed by atoms with Crippen molar-refractivity contribution < 1.29 is 9.84 Å². The van der Waals surface area contributed by atoms with E-state index < -0.39 is 0 Å². The molecule has 1 unspecified atom stereocenters. The molecule has 2 heteroatoms. The van der Waals surface area contributed by atoms with Gasteiger partial charge in [-0.2, -0.15) is 0 Å². The summed E-state index contributed by atoms with van der Waals surface area (Å²) in [5, 5.41) is 10.2. The molecule has 0 amide bonds. The maximum Gasteiger partial charge on any atom is 0.119 e. The van der Waals surface area contributed by atoms with E-state index in [-0.39, 0.29) is 6.10 Å². The van der Waals surface area contributed by atoms with Crippen molar-refractivity contribution in [1.82, 2.24) is 0 Å². The highest BCUT2D eigenvalue weighted by Crippen LogP contribution is 2.31. The maximum absolute atomic E-state index is 10.2. The first kappa shape index (κ1) is 13.4. The van der Waals surface area contributed by atoms with Crippen LogP contribution in [0.1, 0.15) is 57.1 Å². The van der Waals surface area contributed by atoms with Crippen LogP contribution >= 0.6 is 0 Å². The zero-order valence-electron chi connectivity index (χ0n) is 11.3. The molecule has 2 nitrogen and oxygen atoms in total. The van der Waals surface area contributed by atoms with Crippen molar-refractivity contribution in [3.63, 3.8) is 0 Å². The first-order valence-electron chi connectivity index (χ1n) is 7.20. The lowest BCUT2D eigenvalue weighted by Crippen LogP contribution is -2.02. The van der Waals surface area contributed by atoms with Crippen LogP contribution in [-0.4, -0.2) is 11.7 Å². The standard InChI is InChI=1S/C16H24O2/c1-2-18-15-10-8-14(9-11-15)16(17)12-7-13-5-3-4-6-13/h8-11,13,16-17H,2-7,12H2,1H3. The first-order chi connectivity index (χ1) is 8.79. The Bertz CT molecular complexity index is 339. The molecule has 0 spiro atoms. The van der Waals surface area contributed by atoms with Crippen LogP contribution in [0, 0.1) is 5.92 Å². The number of benzene rings is 1. The molecule has 0 aromatic heterocycles.